The second-order valence-corrected chi connectivity index (χ2v) is 14.8. The van der Waals surface area contributed by atoms with E-state index in [0.717, 1.165) is 60.7 Å². The van der Waals surface area contributed by atoms with Crippen LogP contribution in [0.4, 0.5) is 0 Å². The van der Waals surface area contributed by atoms with E-state index in [2.05, 4.69) is 156 Å². The second-order valence-electron chi connectivity index (χ2n) is 14.8. The summed E-state index contributed by atoms with van der Waals surface area (Å²) in [6.45, 7) is 0. The molecule has 0 amide bonds. The van der Waals surface area contributed by atoms with Crippen LogP contribution in [-0.2, 0) is 0 Å². The van der Waals surface area contributed by atoms with Gasteiger partial charge in [-0.3, -0.25) is 0 Å². The first kappa shape index (κ1) is 29.1. The Balaban J connectivity index is 1.18. The van der Waals surface area contributed by atoms with Gasteiger partial charge in [0.15, 0.2) is 0 Å². The number of nitrogens with zero attached hydrogens (tertiary/aromatic N) is 1. The Bertz CT molecular complexity index is 3580. The molecule has 0 atom stereocenters. The highest BCUT2D eigenvalue weighted by Gasteiger charge is 2.22. The van der Waals surface area contributed by atoms with Crippen molar-refractivity contribution < 1.29 is 8.83 Å². The molecule has 55 heavy (non-hydrogen) atoms. The van der Waals surface area contributed by atoms with Crippen molar-refractivity contribution in [3.05, 3.63) is 176 Å². The summed E-state index contributed by atoms with van der Waals surface area (Å²) in [6.07, 6.45) is 0. The average molecular weight is 700 g/mol. The van der Waals surface area contributed by atoms with Crippen molar-refractivity contribution in [2.75, 3.05) is 0 Å². The highest BCUT2D eigenvalue weighted by Crippen LogP contribution is 2.48. The van der Waals surface area contributed by atoms with Crippen LogP contribution in [0.2, 0.25) is 0 Å². The van der Waals surface area contributed by atoms with Gasteiger partial charge in [-0.15, -0.1) is 0 Å². The molecule has 0 N–H and O–H groups in total. The summed E-state index contributed by atoms with van der Waals surface area (Å²) in [6, 6.07) is 63.7. The Morgan fingerprint density at radius 2 is 0.855 bits per heavy atom. The van der Waals surface area contributed by atoms with E-state index in [0.29, 0.717) is 0 Å². The van der Waals surface area contributed by atoms with Crippen LogP contribution in [0.25, 0.3) is 126 Å². The van der Waals surface area contributed by atoms with Gasteiger partial charge in [0.05, 0.1) is 11.0 Å². The Morgan fingerprint density at radius 1 is 0.327 bits per heavy atom. The first-order valence-corrected chi connectivity index (χ1v) is 18.8. The number of benzene rings is 10. The maximum Gasteiger partial charge on any atom is 0.136 e. The van der Waals surface area contributed by atoms with Crippen LogP contribution < -0.4 is 0 Å². The minimum Gasteiger partial charge on any atom is -0.456 e. The fourth-order valence-corrected chi connectivity index (χ4v) is 9.53. The van der Waals surface area contributed by atoms with Crippen molar-refractivity contribution >= 4 is 98.0 Å². The summed E-state index contributed by atoms with van der Waals surface area (Å²) >= 11 is 0. The number of fused-ring (bicyclic) bond motifs is 10. The van der Waals surface area contributed by atoms with E-state index >= 15 is 0 Å². The van der Waals surface area contributed by atoms with Crippen LogP contribution in [0.3, 0.4) is 0 Å². The molecule has 13 aromatic rings. The molecule has 0 saturated carbocycles. The van der Waals surface area contributed by atoms with E-state index in [-0.39, 0.29) is 0 Å². The van der Waals surface area contributed by atoms with Gasteiger partial charge in [0.1, 0.15) is 22.3 Å². The molecule has 13 rings (SSSR count). The van der Waals surface area contributed by atoms with Crippen molar-refractivity contribution in [1.29, 1.82) is 0 Å². The minimum atomic E-state index is 0.892. The average Bonchev–Trinajstić information content (AvgIpc) is 3.91. The normalized spacial score (nSPS) is 12.4. The topological polar surface area (TPSA) is 31.2 Å². The lowest BCUT2D eigenvalue weighted by Gasteiger charge is -2.19. The monoisotopic (exact) mass is 699 g/mol. The predicted molar refractivity (Wildman–Crippen MR) is 230 cm³/mol. The van der Waals surface area contributed by atoms with Gasteiger partial charge in [-0.2, -0.15) is 0 Å². The van der Waals surface area contributed by atoms with Gasteiger partial charge in [0.25, 0.3) is 0 Å². The molecule has 0 aliphatic heterocycles. The van der Waals surface area contributed by atoms with Crippen LogP contribution in [0.15, 0.2) is 185 Å². The molecular formula is C52H29NO2. The predicted octanol–water partition coefficient (Wildman–Crippen LogP) is 14.8. The number of aromatic nitrogens is 1. The third kappa shape index (κ3) is 3.94. The Hall–Kier alpha value is -7.36. The quantitative estimate of drug-likeness (QED) is 0.172. The molecule has 0 aliphatic carbocycles. The standard InChI is InChI=1S/C52H29NO2/c1-2-10-33(11-3-1)53-45-15-7-4-12-34(45)44-26-32-20-23-39-42(30-18-21-37-35-13-5-8-16-46(35)54-48(37)27-30)29-43(40-24-25-41(52(44)53)50(32)51(39)40)31-19-22-38-36-14-6-9-17-47(36)55-49(38)28-31/h1-29H. The van der Waals surface area contributed by atoms with Crippen molar-refractivity contribution in [1.82, 2.24) is 4.57 Å². The van der Waals surface area contributed by atoms with Gasteiger partial charge < -0.3 is 13.4 Å². The Morgan fingerprint density at radius 3 is 1.53 bits per heavy atom. The molecule has 3 nitrogen and oxygen atoms in total. The van der Waals surface area contributed by atoms with E-state index in [1.807, 2.05) is 24.3 Å². The largest absolute Gasteiger partial charge is 0.456 e. The van der Waals surface area contributed by atoms with Crippen molar-refractivity contribution in [3.63, 3.8) is 0 Å². The van der Waals surface area contributed by atoms with Gasteiger partial charge in [0, 0.05) is 43.4 Å². The first-order chi connectivity index (χ1) is 27.3. The number of hydrogen-bond acceptors (Lipinski definition) is 2. The van der Waals surface area contributed by atoms with Gasteiger partial charge in [-0.25, -0.2) is 0 Å². The Labute approximate surface area is 314 Å². The molecule has 3 aromatic heterocycles. The molecule has 0 spiro atoms. The third-order valence-corrected chi connectivity index (χ3v) is 11.9. The maximum atomic E-state index is 6.45. The number of furan rings is 2. The Kier molecular flexibility index (Phi) is 5.63. The van der Waals surface area contributed by atoms with E-state index in [1.165, 1.54) is 65.3 Å². The van der Waals surface area contributed by atoms with Gasteiger partial charge >= 0.3 is 0 Å². The maximum absolute atomic E-state index is 6.45. The van der Waals surface area contributed by atoms with E-state index < -0.39 is 0 Å². The highest BCUT2D eigenvalue weighted by molar-refractivity contribution is 6.34. The fraction of sp³-hybridized carbons (Fsp3) is 0. The zero-order chi connectivity index (χ0) is 35.8. The van der Waals surface area contributed by atoms with E-state index in [4.69, 9.17) is 8.83 Å². The molecule has 0 radical (unpaired) electrons. The zero-order valence-electron chi connectivity index (χ0n) is 29.5. The summed E-state index contributed by atoms with van der Waals surface area (Å²) in [5.41, 5.74) is 11.8. The second kappa shape index (κ2) is 10.6. The minimum absolute atomic E-state index is 0.892. The molecule has 3 heteroatoms. The summed E-state index contributed by atoms with van der Waals surface area (Å²) in [4.78, 5) is 0. The lowest BCUT2D eigenvalue weighted by atomic mass is 9.85. The molecule has 10 aromatic carbocycles. The van der Waals surface area contributed by atoms with Crippen LogP contribution >= 0.6 is 0 Å². The first-order valence-electron chi connectivity index (χ1n) is 18.8. The summed E-state index contributed by atoms with van der Waals surface area (Å²) < 4.78 is 15.3. The molecule has 0 aliphatic rings. The van der Waals surface area contributed by atoms with Gasteiger partial charge in [-0.1, -0.05) is 109 Å². The zero-order valence-corrected chi connectivity index (χ0v) is 29.5. The van der Waals surface area contributed by atoms with Crippen molar-refractivity contribution in [3.8, 4) is 27.9 Å². The lowest BCUT2D eigenvalue weighted by Crippen LogP contribution is -1.95. The number of hydrogen-bond donors (Lipinski definition) is 0. The molecule has 0 saturated heterocycles. The number of para-hydroxylation sites is 4. The SMILES string of the molecule is c1ccc(-n2c3ccccc3c3cc4ccc5c(-c6ccc7c(c6)oc6ccccc67)cc(-c6ccc7c(c6)oc6ccccc67)c6ccc(c4c56)c32)cc1. The highest BCUT2D eigenvalue weighted by atomic mass is 16.3. The summed E-state index contributed by atoms with van der Waals surface area (Å²) in [5, 5.41) is 14.5. The van der Waals surface area contributed by atoms with Crippen LogP contribution in [-0.4, -0.2) is 4.57 Å². The summed E-state index contributed by atoms with van der Waals surface area (Å²) in [7, 11) is 0. The summed E-state index contributed by atoms with van der Waals surface area (Å²) in [5.74, 6) is 0. The van der Waals surface area contributed by atoms with E-state index in [9.17, 15) is 0 Å². The molecule has 0 unspecified atom stereocenters. The lowest BCUT2D eigenvalue weighted by molar-refractivity contribution is 0.668. The van der Waals surface area contributed by atoms with Crippen molar-refractivity contribution in [2.45, 2.75) is 0 Å². The smallest absolute Gasteiger partial charge is 0.136 e. The number of rotatable bonds is 3. The fourth-order valence-electron chi connectivity index (χ4n) is 9.53. The molecule has 254 valence electrons. The molecule has 0 fully saturated rings. The van der Waals surface area contributed by atoms with Gasteiger partial charge in [-0.05, 0) is 116 Å². The van der Waals surface area contributed by atoms with Crippen LogP contribution in [0, 0.1) is 0 Å². The van der Waals surface area contributed by atoms with E-state index in [1.54, 1.807) is 0 Å². The van der Waals surface area contributed by atoms with Crippen LogP contribution in [0.5, 0.6) is 0 Å². The van der Waals surface area contributed by atoms with Crippen LogP contribution in [0.1, 0.15) is 0 Å². The molecule has 3 heterocycles. The van der Waals surface area contributed by atoms with Gasteiger partial charge in [0.2, 0.25) is 0 Å². The molecular weight excluding hydrogens is 671 g/mol. The third-order valence-electron chi connectivity index (χ3n) is 11.9. The van der Waals surface area contributed by atoms with Crippen molar-refractivity contribution in [2.24, 2.45) is 0 Å². The molecule has 0 bridgehead atoms.